The number of anilines is 1. The van der Waals surface area contributed by atoms with Crippen molar-refractivity contribution in [3.05, 3.63) is 63.3 Å². The highest BCUT2D eigenvalue weighted by atomic mass is 16.6. The molecule has 1 heterocycles. The largest absolute Gasteiger partial charge is 0.360 e. The van der Waals surface area contributed by atoms with E-state index >= 15 is 0 Å². The summed E-state index contributed by atoms with van der Waals surface area (Å²) in [6, 6.07) is 9.51. The summed E-state index contributed by atoms with van der Waals surface area (Å²) < 4.78 is 0. The Morgan fingerprint density at radius 3 is 2.57 bits per heavy atom. The lowest BCUT2D eigenvalue weighted by atomic mass is 10.1. The Hall–Kier alpha value is -2.47. The van der Waals surface area contributed by atoms with Crippen molar-refractivity contribution in [3.8, 4) is 0 Å². The van der Waals surface area contributed by atoms with Crippen molar-refractivity contribution >= 4 is 11.5 Å². The van der Waals surface area contributed by atoms with Crippen molar-refractivity contribution in [2.75, 3.05) is 11.9 Å². The number of nitrogens with one attached hydrogen (secondary N) is 1. The number of nitrogens with two attached hydrogens (primary N) is 1. The van der Waals surface area contributed by atoms with Gasteiger partial charge in [-0.2, -0.15) is 0 Å². The molecule has 3 N–H and O–H groups in total. The van der Waals surface area contributed by atoms with Crippen LogP contribution < -0.4 is 11.1 Å². The third-order valence-corrected chi connectivity index (χ3v) is 3.12. The fourth-order valence-corrected chi connectivity index (χ4v) is 2.01. The van der Waals surface area contributed by atoms with Gasteiger partial charge in [0.2, 0.25) is 5.82 Å². The minimum Gasteiger partial charge on any atom is -0.360 e. The van der Waals surface area contributed by atoms with Gasteiger partial charge in [-0.05, 0) is 36.6 Å². The van der Waals surface area contributed by atoms with Crippen LogP contribution in [-0.2, 0) is 13.0 Å². The van der Waals surface area contributed by atoms with Crippen LogP contribution in [0.25, 0.3) is 0 Å². The van der Waals surface area contributed by atoms with Crippen molar-refractivity contribution in [2.24, 2.45) is 5.73 Å². The number of hydrogen-bond donors (Lipinski definition) is 2. The molecule has 0 amide bonds. The molecule has 0 saturated heterocycles. The van der Waals surface area contributed by atoms with Gasteiger partial charge in [-0.1, -0.05) is 24.3 Å². The van der Waals surface area contributed by atoms with Crippen LogP contribution in [0.1, 0.15) is 16.7 Å². The molecule has 6 heteroatoms. The predicted octanol–water partition coefficient (Wildman–Crippen LogP) is 2.41. The third-order valence-electron chi connectivity index (χ3n) is 3.12. The maximum absolute atomic E-state index is 11.0. The molecule has 0 fully saturated rings. The van der Waals surface area contributed by atoms with Crippen LogP contribution in [0.4, 0.5) is 11.5 Å². The molecule has 0 bridgehead atoms. The molecule has 6 nitrogen and oxygen atoms in total. The Kier molecular flexibility index (Phi) is 4.84. The second kappa shape index (κ2) is 6.81. The SMILES string of the molecule is Cc1cnc(NCc2ccc(CCN)cc2)c([N+](=O)[O-])c1. The predicted molar refractivity (Wildman–Crippen MR) is 82.2 cm³/mol. The maximum atomic E-state index is 11.0. The highest BCUT2D eigenvalue weighted by Gasteiger charge is 2.14. The van der Waals surface area contributed by atoms with Crippen LogP contribution in [0.15, 0.2) is 36.5 Å². The number of benzene rings is 1. The topological polar surface area (TPSA) is 94.1 Å². The molecule has 2 aromatic rings. The van der Waals surface area contributed by atoms with E-state index in [2.05, 4.69) is 10.3 Å². The molecule has 0 aliphatic rings. The Balaban J connectivity index is 2.07. The van der Waals surface area contributed by atoms with E-state index in [4.69, 9.17) is 5.73 Å². The molecular weight excluding hydrogens is 268 g/mol. The van der Waals surface area contributed by atoms with Gasteiger partial charge < -0.3 is 11.1 Å². The number of nitrogens with zero attached hydrogens (tertiary/aromatic N) is 2. The number of nitro groups is 1. The summed E-state index contributed by atoms with van der Waals surface area (Å²) in [5.74, 6) is 0.289. The van der Waals surface area contributed by atoms with Gasteiger partial charge in [0, 0.05) is 18.8 Å². The third kappa shape index (κ3) is 4.00. The molecule has 1 aromatic heterocycles. The van der Waals surface area contributed by atoms with Crippen molar-refractivity contribution in [1.82, 2.24) is 4.98 Å². The van der Waals surface area contributed by atoms with E-state index in [1.807, 2.05) is 24.3 Å². The van der Waals surface area contributed by atoms with Crippen LogP contribution in [0.5, 0.6) is 0 Å². The molecule has 2 rings (SSSR count). The number of pyridine rings is 1. The van der Waals surface area contributed by atoms with Crippen LogP contribution in [0.2, 0.25) is 0 Å². The van der Waals surface area contributed by atoms with Gasteiger partial charge in [-0.3, -0.25) is 10.1 Å². The number of aryl methyl sites for hydroxylation is 1. The van der Waals surface area contributed by atoms with Gasteiger partial charge in [0.25, 0.3) is 0 Å². The number of hydrogen-bond acceptors (Lipinski definition) is 5. The van der Waals surface area contributed by atoms with E-state index in [0.29, 0.717) is 13.1 Å². The zero-order valence-electron chi connectivity index (χ0n) is 11.9. The highest BCUT2D eigenvalue weighted by molar-refractivity contribution is 5.56. The van der Waals surface area contributed by atoms with E-state index in [9.17, 15) is 10.1 Å². The van der Waals surface area contributed by atoms with Gasteiger partial charge in [0.15, 0.2) is 0 Å². The quantitative estimate of drug-likeness (QED) is 0.628. The zero-order chi connectivity index (χ0) is 15.2. The monoisotopic (exact) mass is 286 g/mol. The molecule has 0 spiro atoms. The van der Waals surface area contributed by atoms with Gasteiger partial charge in [-0.25, -0.2) is 4.98 Å². The fraction of sp³-hybridized carbons (Fsp3) is 0.267. The zero-order valence-corrected chi connectivity index (χ0v) is 11.9. The van der Waals surface area contributed by atoms with Crippen LogP contribution in [0, 0.1) is 17.0 Å². The lowest BCUT2D eigenvalue weighted by molar-refractivity contribution is -0.384. The molecule has 0 saturated carbocycles. The minimum atomic E-state index is -0.424. The summed E-state index contributed by atoms with van der Waals surface area (Å²) in [5.41, 5.74) is 8.48. The average molecular weight is 286 g/mol. The average Bonchev–Trinajstić information content (AvgIpc) is 2.47. The molecule has 0 aliphatic carbocycles. The Bertz CT molecular complexity index is 626. The highest BCUT2D eigenvalue weighted by Crippen LogP contribution is 2.23. The normalized spacial score (nSPS) is 10.4. The smallest absolute Gasteiger partial charge is 0.311 e. The van der Waals surface area contributed by atoms with Crippen molar-refractivity contribution in [3.63, 3.8) is 0 Å². The second-order valence-corrected chi connectivity index (χ2v) is 4.85. The van der Waals surface area contributed by atoms with Gasteiger partial charge in [0.1, 0.15) is 0 Å². The lowest BCUT2D eigenvalue weighted by Gasteiger charge is -2.07. The molecule has 0 aliphatic heterocycles. The minimum absolute atomic E-state index is 0.00486. The van der Waals surface area contributed by atoms with Crippen LogP contribution in [0.3, 0.4) is 0 Å². The molecule has 110 valence electrons. The van der Waals surface area contributed by atoms with Crippen molar-refractivity contribution in [2.45, 2.75) is 19.9 Å². The summed E-state index contributed by atoms with van der Waals surface area (Å²) in [6.07, 6.45) is 2.46. The molecule has 1 aromatic carbocycles. The van der Waals surface area contributed by atoms with E-state index < -0.39 is 4.92 Å². The molecule has 21 heavy (non-hydrogen) atoms. The summed E-state index contributed by atoms with van der Waals surface area (Å²) in [7, 11) is 0. The summed E-state index contributed by atoms with van der Waals surface area (Å²) in [5, 5.41) is 14.0. The molecule has 0 atom stereocenters. The Labute approximate surface area is 123 Å². The first kappa shape index (κ1) is 14.9. The van der Waals surface area contributed by atoms with Crippen LogP contribution >= 0.6 is 0 Å². The van der Waals surface area contributed by atoms with E-state index in [-0.39, 0.29) is 11.5 Å². The summed E-state index contributed by atoms with van der Waals surface area (Å²) >= 11 is 0. The maximum Gasteiger partial charge on any atom is 0.311 e. The standard InChI is InChI=1S/C15H18N4O2/c1-11-8-14(19(20)21)15(17-9-11)18-10-13-4-2-12(3-5-13)6-7-16/h2-5,8-9H,6-7,10,16H2,1H3,(H,17,18). The summed E-state index contributed by atoms with van der Waals surface area (Å²) in [6.45, 7) is 2.89. The molecular formula is C15H18N4O2. The van der Waals surface area contributed by atoms with Crippen LogP contribution in [-0.4, -0.2) is 16.5 Å². The summed E-state index contributed by atoms with van der Waals surface area (Å²) in [4.78, 5) is 14.7. The molecule has 0 radical (unpaired) electrons. The Morgan fingerprint density at radius 2 is 1.95 bits per heavy atom. The lowest BCUT2D eigenvalue weighted by Crippen LogP contribution is -2.06. The van der Waals surface area contributed by atoms with Gasteiger partial charge in [0.05, 0.1) is 4.92 Å². The first-order valence-corrected chi connectivity index (χ1v) is 6.73. The van der Waals surface area contributed by atoms with Crippen molar-refractivity contribution < 1.29 is 4.92 Å². The van der Waals surface area contributed by atoms with E-state index in [1.165, 1.54) is 11.6 Å². The van der Waals surface area contributed by atoms with E-state index in [1.54, 1.807) is 13.1 Å². The Morgan fingerprint density at radius 1 is 1.29 bits per heavy atom. The second-order valence-electron chi connectivity index (χ2n) is 4.85. The van der Waals surface area contributed by atoms with Gasteiger partial charge in [-0.15, -0.1) is 0 Å². The first-order chi connectivity index (χ1) is 10.1. The van der Waals surface area contributed by atoms with Gasteiger partial charge >= 0.3 is 5.69 Å². The van der Waals surface area contributed by atoms with Crippen molar-refractivity contribution in [1.29, 1.82) is 0 Å². The fourth-order valence-electron chi connectivity index (χ4n) is 2.01. The number of aromatic nitrogens is 1. The first-order valence-electron chi connectivity index (χ1n) is 6.73. The number of rotatable bonds is 6. The van der Waals surface area contributed by atoms with E-state index in [0.717, 1.165) is 17.5 Å². The molecule has 0 unspecified atom stereocenters.